The molecule has 0 radical (unpaired) electrons. The third-order valence-electron chi connectivity index (χ3n) is 1.99. The second-order valence-corrected chi connectivity index (χ2v) is 4.71. The lowest BCUT2D eigenvalue weighted by Crippen LogP contribution is -2.01. The van der Waals surface area contributed by atoms with E-state index in [1.807, 2.05) is 0 Å². The van der Waals surface area contributed by atoms with E-state index in [0.717, 1.165) is 23.1 Å². The van der Waals surface area contributed by atoms with E-state index < -0.39 is 10.9 Å². The SMILES string of the molecule is C/C=C/C(=O)O.NCCSCc1ccc([N+](=O)[O-])cc1. The second-order valence-electron chi connectivity index (χ2n) is 3.60. The maximum absolute atomic E-state index is 10.4. The summed E-state index contributed by atoms with van der Waals surface area (Å²) >= 11 is 1.73. The minimum Gasteiger partial charge on any atom is -0.478 e. The van der Waals surface area contributed by atoms with Crippen LogP contribution in [-0.2, 0) is 10.5 Å². The molecule has 0 aliphatic heterocycles. The van der Waals surface area contributed by atoms with Crippen molar-refractivity contribution >= 4 is 23.4 Å². The van der Waals surface area contributed by atoms with Crippen LogP contribution in [0.3, 0.4) is 0 Å². The third kappa shape index (κ3) is 9.12. The number of carboxylic acids is 1. The number of non-ortho nitro benzene ring substituents is 1. The summed E-state index contributed by atoms with van der Waals surface area (Å²) < 4.78 is 0. The minimum atomic E-state index is -0.891. The van der Waals surface area contributed by atoms with Crippen LogP contribution >= 0.6 is 11.8 Å². The molecular formula is C13H18N2O4S. The number of hydrogen-bond donors (Lipinski definition) is 2. The largest absolute Gasteiger partial charge is 0.478 e. The average Bonchev–Trinajstić information content (AvgIpc) is 2.40. The van der Waals surface area contributed by atoms with Gasteiger partial charge in [0.25, 0.3) is 5.69 Å². The van der Waals surface area contributed by atoms with Crippen LogP contribution in [0.4, 0.5) is 5.69 Å². The van der Waals surface area contributed by atoms with E-state index in [1.165, 1.54) is 18.2 Å². The summed E-state index contributed by atoms with van der Waals surface area (Å²) in [5.41, 5.74) is 6.57. The first kappa shape index (κ1) is 18.1. The van der Waals surface area contributed by atoms with Crippen molar-refractivity contribution in [1.29, 1.82) is 0 Å². The van der Waals surface area contributed by atoms with Gasteiger partial charge in [0.2, 0.25) is 0 Å². The maximum atomic E-state index is 10.4. The van der Waals surface area contributed by atoms with Crippen LogP contribution in [-0.4, -0.2) is 28.3 Å². The Bertz CT molecular complexity index is 446. The molecule has 0 saturated heterocycles. The van der Waals surface area contributed by atoms with Gasteiger partial charge in [-0.3, -0.25) is 10.1 Å². The fourth-order valence-electron chi connectivity index (χ4n) is 1.13. The Kier molecular flexibility index (Phi) is 9.98. The van der Waals surface area contributed by atoms with Crippen molar-refractivity contribution in [1.82, 2.24) is 0 Å². The molecule has 0 heterocycles. The predicted octanol–water partition coefficient (Wildman–Crippen LogP) is 2.43. The van der Waals surface area contributed by atoms with Crippen LogP contribution < -0.4 is 5.73 Å². The van der Waals surface area contributed by atoms with Crippen molar-refractivity contribution in [2.45, 2.75) is 12.7 Å². The Labute approximate surface area is 121 Å². The summed E-state index contributed by atoms with van der Waals surface area (Å²) in [4.78, 5) is 19.5. The highest BCUT2D eigenvalue weighted by Gasteiger charge is 2.03. The van der Waals surface area contributed by atoms with Crippen LogP contribution in [0, 0.1) is 10.1 Å². The van der Waals surface area contributed by atoms with Crippen LogP contribution in [0.1, 0.15) is 12.5 Å². The molecule has 0 saturated carbocycles. The van der Waals surface area contributed by atoms with Crippen LogP contribution in [0.5, 0.6) is 0 Å². The number of hydrogen-bond acceptors (Lipinski definition) is 5. The van der Waals surface area contributed by atoms with Gasteiger partial charge in [-0.1, -0.05) is 18.2 Å². The molecule has 0 aliphatic carbocycles. The van der Waals surface area contributed by atoms with Gasteiger partial charge in [-0.2, -0.15) is 11.8 Å². The molecule has 3 N–H and O–H groups in total. The average molecular weight is 298 g/mol. The molecule has 0 aromatic heterocycles. The number of carboxylic acid groups (broad SMARTS) is 1. The molecule has 0 bridgehead atoms. The Hall–Kier alpha value is -1.86. The van der Waals surface area contributed by atoms with Crippen molar-refractivity contribution in [3.63, 3.8) is 0 Å². The summed E-state index contributed by atoms with van der Waals surface area (Å²) in [5, 5.41) is 18.2. The van der Waals surface area contributed by atoms with E-state index in [4.69, 9.17) is 10.8 Å². The molecule has 20 heavy (non-hydrogen) atoms. The first-order valence-corrected chi connectivity index (χ1v) is 7.03. The highest BCUT2D eigenvalue weighted by molar-refractivity contribution is 7.98. The van der Waals surface area contributed by atoms with E-state index in [2.05, 4.69) is 0 Å². The van der Waals surface area contributed by atoms with Crippen molar-refractivity contribution in [3.8, 4) is 0 Å². The molecule has 1 rings (SSSR count). The molecule has 0 atom stereocenters. The molecular weight excluding hydrogens is 280 g/mol. The Morgan fingerprint density at radius 1 is 1.45 bits per heavy atom. The third-order valence-corrected chi connectivity index (χ3v) is 3.05. The van der Waals surface area contributed by atoms with E-state index in [1.54, 1.807) is 30.8 Å². The summed E-state index contributed by atoms with van der Waals surface area (Å²) in [6.07, 6.45) is 2.56. The fraction of sp³-hybridized carbons (Fsp3) is 0.308. The maximum Gasteiger partial charge on any atom is 0.327 e. The lowest BCUT2D eigenvalue weighted by Gasteiger charge is -1.99. The summed E-state index contributed by atoms with van der Waals surface area (Å²) in [5.74, 6) is 0.879. The topological polar surface area (TPSA) is 106 Å². The van der Waals surface area contributed by atoms with Gasteiger partial charge in [-0.05, 0) is 12.5 Å². The van der Waals surface area contributed by atoms with E-state index in [-0.39, 0.29) is 5.69 Å². The lowest BCUT2D eigenvalue weighted by atomic mass is 10.2. The van der Waals surface area contributed by atoms with Gasteiger partial charge in [0, 0.05) is 36.3 Å². The zero-order chi connectivity index (χ0) is 15.4. The quantitative estimate of drug-likeness (QED) is 0.361. The van der Waals surface area contributed by atoms with Crippen molar-refractivity contribution in [2.24, 2.45) is 5.73 Å². The Balaban J connectivity index is 0.000000511. The number of benzene rings is 1. The minimum absolute atomic E-state index is 0.137. The zero-order valence-electron chi connectivity index (χ0n) is 11.2. The number of nitrogens with two attached hydrogens (primary N) is 1. The number of nitrogens with zero attached hydrogens (tertiary/aromatic N) is 1. The first-order valence-electron chi connectivity index (χ1n) is 5.88. The first-order chi connectivity index (χ1) is 9.51. The number of aliphatic carboxylic acids is 1. The van der Waals surface area contributed by atoms with Gasteiger partial charge in [0.15, 0.2) is 0 Å². The van der Waals surface area contributed by atoms with Crippen LogP contribution in [0.15, 0.2) is 36.4 Å². The molecule has 0 spiro atoms. The number of thioether (sulfide) groups is 1. The smallest absolute Gasteiger partial charge is 0.327 e. The summed E-state index contributed by atoms with van der Waals surface area (Å²) in [7, 11) is 0. The number of rotatable bonds is 6. The molecule has 7 heteroatoms. The van der Waals surface area contributed by atoms with E-state index in [9.17, 15) is 14.9 Å². The normalized spacial score (nSPS) is 9.90. The molecule has 1 aromatic rings. The van der Waals surface area contributed by atoms with Gasteiger partial charge in [0.05, 0.1) is 4.92 Å². The van der Waals surface area contributed by atoms with Gasteiger partial charge in [-0.25, -0.2) is 4.79 Å². The highest BCUT2D eigenvalue weighted by Crippen LogP contribution is 2.16. The van der Waals surface area contributed by atoms with Crippen molar-refractivity contribution in [3.05, 3.63) is 52.1 Å². The van der Waals surface area contributed by atoms with Crippen molar-refractivity contribution < 1.29 is 14.8 Å². The summed E-state index contributed by atoms with van der Waals surface area (Å²) in [6.45, 7) is 2.33. The lowest BCUT2D eigenvalue weighted by molar-refractivity contribution is -0.384. The number of nitro benzene ring substituents is 1. The van der Waals surface area contributed by atoms with E-state index in [0.29, 0.717) is 6.54 Å². The van der Waals surface area contributed by atoms with E-state index >= 15 is 0 Å². The predicted molar refractivity (Wildman–Crippen MR) is 80.8 cm³/mol. The zero-order valence-corrected chi connectivity index (χ0v) is 12.0. The summed E-state index contributed by atoms with van der Waals surface area (Å²) in [6, 6.07) is 6.61. The Morgan fingerprint density at radius 2 is 2.05 bits per heavy atom. The molecule has 0 unspecified atom stereocenters. The second kappa shape index (κ2) is 11.0. The molecule has 6 nitrogen and oxygen atoms in total. The van der Waals surface area contributed by atoms with Gasteiger partial charge >= 0.3 is 5.97 Å². The fourth-order valence-corrected chi connectivity index (χ4v) is 1.87. The van der Waals surface area contributed by atoms with Crippen LogP contribution in [0.25, 0.3) is 0 Å². The number of carbonyl (C=O) groups is 1. The molecule has 0 aliphatic rings. The van der Waals surface area contributed by atoms with Crippen LogP contribution in [0.2, 0.25) is 0 Å². The standard InChI is InChI=1S/C9H12N2O2S.C4H6O2/c10-5-6-14-7-8-1-3-9(4-2-8)11(12)13;1-2-3-4(5)6/h1-4H,5-7,10H2;2-3H,1H3,(H,5,6)/b;3-2+. The van der Waals surface area contributed by atoms with Gasteiger partial charge in [0.1, 0.15) is 0 Å². The number of allylic oxidation sites excluding steroid dienone is 1. The van der Waals surface area contributed by atoms with Gasteiger partial charge < -0.3 is 10.8 Å². The molecule has 1 aromatic carbocycles. The van der Waals surface area contributed by atoms with Gasteiger partial charge in [-0.15, -0.1) is 0 Å². The Morgan fingerprint density at radius 3 is 2.40 bits per heavy atom. The number of nitro groups is 1. The molecule has 110 valence electrons. The van der Waals surface area contributed by atoms with Crippen molar-refractivity contribution in [2.75, 3.05) is 12.3 Å². The molecule has 0 amide bonds. The highest BCUT2D eigenvalue weighted by atomic mass is 32.2. The molecule has 0 fully saturated rings. The monoisotopic (exact) mass is 298 g/mol.